The number of carbonyl (C=O) groups is 1. The van der Waals surface area contributed by atoms with Crippen molar-refractivity contribution in [3.8, 4) is 0 Å². The van der Waals surface area contributed by atoms with Gasteiger partial charge in [0.1, 0.15) is 0 Å². The Hall–Kier alpha value is -3.06. The van der Waals surface area contributed by atoms with Crippen LogP contribution in [0.2, 0.25) is 0 Å². The van der Waals surface area contributed by atoms with Crippen LogP contribution in [0, 0.1) is 10.1 Å². The molecule has 126 valence electrons. The molecule has 1 heterocycles. The minimum absolute atomic E-state index is 0.0315. The molecule has 0 fully saturated rings. The number of carbonyl (C=O) groups excluding carboxylic acids is 1. The molecule has 0 atom stereocenters. The second-order valence-corrected chi connectivity index (χ2v) is 6.18. The standard InChI is InChI=1S/C18H14N2O4S/c21-18(19-14-6-8-15(9-7-14)20(22)23)17-13(10-11-24-17)12-25-16-4-2-1-3-5-16/h1-11H,12H2,(H,19,21). The predicted molar refractivity (Wildman–Crippen MR) is 95.8 cm³/mol. The van der Waals surface area contributed by atoms with Crippen LogP contribution in [0.25, 0.3) is 0 Å². The molecule has 1 N–H and O–H groups in total. The quantitative estimate of drug-likeness (QED) is 0.393. The van der Waals surface area contributed by atoms with Crippen molar-refractivity contribution >= 4 is 29.0 Å². The number of thioether (sulfide) groups is 1. The lowest BCUT2D eigenvalue weighted by molar-refractivity contribution is -0.384. The smallest absolute Gasteiger partial charge is 0.291 e. The number of anilines is 1. The summed E-state index contributed by atoms with van der Waals surface area (Å²) in [6.07, 6.45) is 1.48. The van der Waals surface area contributed by atoms with Crippen molar-refractivity contribution in [2.24, 2.45) is 0 Å². The summed E-state index contributed by atoms with van der Waals surface area (Å²) < 4.78 is 5.32. The lowest BCUT2D eigenvalue weighted by Crippen LogP contribution is -2.12. The summed E-state index contributed by atoms with van der Waals surface area (Å²) in [4.78, 5) is 23.6. The molecule has 6 nitrogen and oxygen atoms in total. The Bertz CT molecular complexity index is 876. The highest BCUT2D eigenvalue weighted by Gasteiger charge is 2.16. The van der Waals surface area contributed by atoms with Gasteiger partial charge in [0.25, 0.3) is 11.6 Å². The van der Waals surface area contributed by atoms with E-state index in [0.29, 0.717) is 11.4 Å². The van der Waals surface area contributed by atoms with E-state index in [0.717, 1.165) is 10.5 Å². The van der Waals surface area contributed by atoms with Crippen LogP contribution in [0.4, 0.5) is 11.4 Å². The third-order valence-electron chi connectivity index (χ3n) is 3.43. The van der Waals surface area contributed by atoms with Crippen molar-refractivity contribution in [2.75, 3.05) is 5.32 Å². The molecule has 2 aromatic carbocycles. The van der Waals surface area contributed by atoms with Gasteiger partial charge in [-0.2, -0.15) is 0 Å². The zero-order chi connectivity index (χ0) is 17.6. The van der Waals surface area contributed by atoms with E-state index in [1.54, 1.807) is 17.8 Å². The van der Waals surface area contributed by atoms with Gasteiger partial charge in [0.05, 0.1) is 11.2 Å². The van der Waals surface area contributed by atoms with E-state index >= 15 is 0 Å². The van der Waals surface area contributed by atoms with Crippen molar-refractivity contribution in [3.63, 3.8) is 0 Å². The SMILES string of the molecule is O=C(Nc1ccc([N+](=O)[O-])cc1)c1occc1CSc1ccccc1. The highest BCUT2D eigenvalue weighted by molar-refractivity contribution is 7.98. The van der Waals surface area contributed by atoms with E-state index < -0.39 is 4.92 Å². The summed E-state index contributed by atoms with van der Waals surface area (Å²) in [7, 11) is 0. The number of hydrogen-bond donors (Lipinski definition) is 1. The number of non-ortho nitro benzene ring substituents is 1. The van der Waals surface area contributed by atoms with Crippen LogP contribution in [-0.4, -0.2) is 10.8 Å². The molecule has 3 rings (SSSR count). The molecule has 1 aromatic heterocycles. The van der Waals surface area contributed by atoms with Crippen LogP contribution in [0.3, 0.4) is 0 Å². The first-order chi connectivity index (χ1) is 12.1. The molecule has 0 saturated carbocycles. The second kappa shape index (κ2) is 7.67. The highest BCUT2D eigenvalue weighted by atomic mass is 32.2. The minimum Gasteiger partial charge on any atom is -0.459 e. The number of nitro groups is 1. The maximum absolute atomic E-state index is 12.4. The first-order valence-corrected chi connectivity index (χ1v) is 8.42. The molecule has 0 bridgehead atoms. The number of nitrogens with zero attached hydrogens (tertiary/aromatic N) is 1. The molecule has 0 unspecified atom stereocenters. The van der Waals surface area contributed by atoms with Crippen LogP contribution < -0.4 is 5.32 Å². The number of nitrogens with one attached hydrogen (secondary N) is 1. The summed E-state index contributed by atoms with van der Waals surface area (Å²) in [5.74, 6) is 0.452. The lowest BCUT2D eigenvalue weighted by atomic mass is 10.2. The minimum atomic E-state index is -0.489. The van der Waals surface area contributed by atoms with E-state index in [2.05, 4.69) is 5.32 Å². The van der Waals surface area contributed by atoms with E-state index in [1.807, 2.05) is 30.3 Å². The van der Waals surface area contributed by atoms with Crippen LogP contribution in [0.1, 0.15) is 16.1 Å². The van der Waals surface area contributed by atoms with Gasteiger partial charge >= 0.3 is 0 Å². The normalized spacial score (nSPS) is 10.4. The van der Waals surface area contributed by atoms with Gasteiger partial charge in [0, 0.05) is 34.0 Å². The van der Waals surface area contributed by atoms with Gasteiger partial charge in [-0.1, -0.05) is 18.2 Å². The summed E-state index contributed by atoms with van der Waals surface area (Å²) in [5.41, 5.74) is 1.22. The third kappa shape index (κ3) is 4.27. The molecular formula is C18H14N2O4S. The summed E-state index contributed by atoms with van der Waals surface area (Å²) >= 11 is 1.61. The van der Waals surface area contributed by atoms with E-state index in [9.17, 15) is 14.9 Å². The predicted octanol–water partition coefficient (Wildman–Crippen LogP) is 4.73. The Balaban J connectivity index is 1.66. The monoisotopic (exact) mass is 354 g/mol. The van der Waals surface area contributed by atoms with Crippen molar-refractivity contribution in [3.05, 3.63) is 88.4 Å². The first kappa shape index (κ1) is 16.8. The number of rotatable bonds is 6. The number of hydrogen-bond acceptors (Lipinski definition) is 5. The first-order valence-electron chi connectivity index (χ1n) is 7.43. The number of amides is 1. The summed E-state index contributed by atoms with van der Waals surface area (Å²) in [6, 6.07) is 17.3. The molecule has 1 amide bonds. The van der Waals surface area contributed by atoms with Crippen molar-refractivity contribution in [1.82, 2.24) is 0 Å². The average molecular weight is 354 g/mol. The largest absolute Gasteiger partial charge is 0.459 e. The van der Waals surface area contributed by atoms with E-state index in [1.165, 1.54) is 30.5 Å². The summed E-state index contributed by atoms with van der Waals surface area (Å²) in [6.45, 7) is 0. The van der Waals surface area contributed by atoms with E-state index in [-0.39, 0.29) is 17.4 Å². The molecule has 0 aliphatic rings. The Morgan fingerprint density at radius 1 is 1.08 bits per heavy atom. The zero-order valence-electron chi connectivity index (χ0n) is 13.0. The van der Waals surface area contributed by atoms with Gasteiger partial charge in [-0.05, 0) is 30.3 Å². The Kier molecular flexibility index (Phi) is 5.15. The molecular weight excluding hydrogens is 340 g/mol. The topological polar surface area (TPSA) is 85.4 Å². The lowest BCUT2D eigenvalue weighted by Gasteiger charge is -2.05. The van der Waals surface area contributed by atoms with Crippen LogP contribution in [0.5, 0.6) is 0 Å². The van der Waals surface area contributed by atoms with Crippen molar-refractivity contribution in [1.29, 1.82) is 0 Å². The second-order valence-electron chi connectivity index (χ2n) is 5.13. The molecule has 0 spiro atoms. The maximum atomic E-state index is 12.4. The fourth-order valence-electron chi connectivity index (χ4n) is 2.18. The van der Waals surface area contributed by atoms with Crippen molar-refractivity contribution in [2.45, 2.75) is 10.6 Å². The highest BCUT2D eigenvalue weighted by Crippen LogP contribution is 2.25. The van der Waals surface area contributed by atoms with Gasteiger partial charge in [-0.15, -0.1) is 11.8 Å². The number of benzene rings is 2. The Morgan fingerprint density at radius 2 is 1.80 bits per heavy atom. The Morgan fingerprint density at radius 3 is 2.48 bits per heavy atom. The van der Waals surface area contributed by atoms with Crippen molar-refractivity contribution < 1.29 is 14.1 Å². The number of furan rings is 1. The molecule has 3 aromatic rings. The fourth-order valence-corrected chi connectivity index (χ4v) is 3.08. The molecule has 0 saturated heterocycles. The van der Waals surface area contributed by atoms with Gasteiger partial charge < -0.3 is 9.73 Å². The molecule has 0 aliphatic heterocycles. The molecule has 0 aliphatic carbocycles. The Labute approximate surface area is 148 Å². The molecule has 7 heteroatoms. The van der Waals surface area contributed by atoms with Gasteiger partial charge in [-0.25, -0.2) is 0 Å². The fraction of sp³-hybridized carbons (Fsp3) is 0.0556. The van der Waals surface area contributed by atoms with Gasteiger partial charge in [0.2, 0.25) is 0 Å². The maximum Gasteiger partial charge on any atom is 0.291 e. The number of nitro benzene ring substituents is 1. The van der Waals surface area contributed by atoms with Gasteiger partial charge in [0.15, 0.2) is 5.76 Å². The summed E-state index contributed by atoms with van der Waals surface area (Å²) in [5, 5.41) is 13.3. The molecule has 25 heavy (non-hydrogen) atoms. The van der Waals surface area contributed by atoms with E-state index in [4.69, 9.17) is 4.42 Å². The van der Waals surface area contributed by atoms with Crippen LogP contribution >= 0.6 is 11.8 Å². The third-order valence-corrected chi connectivity index (χ3v) is 4.49. The zero-order valence-corrected chi connectivity index (χ0v) is 13.9. The van der Waals surface area contributed by atoms with Crippen LogP contribution in [-0.2, 0) is 5.75 Å². The van der Waals surface area contributed by atoms with Gasteiger partial charge in [-0.3, -0.25) is 14.9 Å². The molecule has 0 radical (unpaired) electrons. The van der Waals surface area contributed by atoms with Crippen LogP contribution in [0.15, 0.2) is 76.2 Å². The average Bonchev–Trinajstić information content (AvgIpc) is 3.10.